The fourth-order valence-corrected chi connectivity index (χ4v) is 5.35. The van der Waals surface area contributed by atoms with Crippen molar-refractivity contribution < 1.29 is 29.3 Å². The van der Waals surface area contributed by atoms with Crippen LogP contribution in [0.15, 0.2) is 11.0 Å². The number of ketones is 1. The molecule has 34 heavy (non-hydrogen) atoms. The Morgan fingerprint density at radius 2 is 1.91 bits per heavy atom. The number of epoxide rings is 1. The summed E-state index contributed by atoms with van der Waals surface area (Å²) in [5.74, 6) is -1.52. The lowest BCUT2D eigenvalue weighted by atomic mass is 9.73. The molecule has 3 rings (SSSR count). The number of ether oxygens (including phenoxy) is 2. The molecule has 3 heterocycles. The van der Waals surface area contributed by atoms with Gasteiger partial charge in [0.05, 0.1) is 47.0 Å². The molecule has 8 heteroatoms. The predicted octanol–water partition coefficient (Wildman–Crippen LogP) is 4.09. The zero-order valence-electron chi connectivity index (χ0n) is 21.1. The zero-order valence-corrected chi connectivity index (χ0v) is 21.9. The average molecular weight is 494 g/mol. The molecule has 2 fully saturated rings. The smallest absolute Gasteiger partial charge is 0.309 e. The molecule has 1 aromatic heterocycles. The summed E-state index contributed by atoms with van der Waals surface area (Å²) in [7, 11) is 0. The number of Topliss-reactive ketones (excluding diaryl/α,β-unsaturated/α-hetero) is 1. The van der Waals surface area contributed by atoms with Crippen molar-refractivity contribution in [2.75, 3.05) is 0 Å². The largest absolute Gasteiger partial charge is 0.458 e. The molecule has 2 saturated heterocycles. The summed E-state index contributed by atoms with van der Waals surface area (Å²) in [6, 6.07) is 0. The third-order valence-corrected chi connectivity index (χ3v) is 8.20. The van der Waals surface area contributed by atoms with Gasteiger partial charge in [-0.3, -0.25) is 9.59 Å². The summed E-state index contributed by atoms with van der Waals surface area (Å²) < 4.78 is 11.7. The number of thiazole rings is 1. The SMILES string of the molecule is C/C(=C\c1csc(C)n1)[C@@H]1C[C@H]2O[C@H]2CCC[C@H](C)[C@H](O)[C@@H](C)C(=O)C(C)(C)[C@@H](O)CC(=O)O1. The predicted molar refractivity (Wildman–Crippen MR) is 131 cm³/mol. The fourth-order valence-electron chi connectivity index (χ4n) is 4.78. The maximum Gasteiger partial charge on any atom is 0.309 e. The van der Waals surface area contributed by atoms with Gasteiger partial charge in [0.25, 0.3) is 0 Å². The number of hydrogen-bond donors (Lipinski definition) is 2. The minimum Gasteiger partial charge on any atom is -0.458 e. The second-order valence-electron chi connectivity index (χ2n) is 10.6. The second kappa shape index (κ2) is 11.0. The number of esters is 1. The van der Waals surface area contributed by atoms with E-state index in [1.807, 2.05) is 32.2 Å². The van der Waals surface area contributed by atoms with E-state index < -0.39 is 35.6 Å². The Balaban J connectivity index is 1.81. The molecule has 0 unspecified atom stereocenters. The first-order chi connectivity index (χ1) is 15.9. The van der Waals surface area contributed by atoms with Crippen molar-refractivity contribution >= 4 is 29.2 Å². The number of carbonyl (C=O) groups is 2. The van der Waals surface area contributed by atoms with E-state index in [1.54, 1.807) is 32.1 Å². The van der Waals surface area contributed by atoms with Gasteiger partial charge in [-0.05, 0) is 44.3 Å². The van der Waals surface area contributed by atoms with Crippen molar-refractivity contribution in [3.63, 3.8) is 0 Å². The zero-order chi connectivity index (χ0) is 25.2. The number of aliphatic hydroxyl groups excluding tert-OH is 2. The van der Waals surface area contributed by atoms with Gasteiger partial charge in [0.15, 0.2) is 0 Å². The van der Waals surface area contributed by atoms with Crippen molar-refractivity contribution in [1.29, 1.82) is 0 Å². The minimum absolute atomic E-state index is 0.00770. The third-order valence-electron chi connectivity index (χ3n) is 7.41. The van der Waals surface area contributed by atoms with Crippen molar-refractivity contribution in [2.24, 2.45) is 17.3 Å². The molecule has 190 valence electrons. The Kier molecular flexibility index (Phi) is 8.71. The number of rotatable bonds is 2. The quantitative estimate of drug-likeness (QED) is 0.472. The van der Waals surface area contributed by atoms with Crippen molar-refractivity contribution in [3.05, 3.63) is 21.7 Å². The second-order valence-corrected chi connectivity index (χ2v) is 11.7. The Hall–Kier alpha value is -1.61. The van der Waals surface area contributed by atoms with Crippen LogP contribution in [0, 0.1) is 24.2 Å². The highest BCUT2D eigenvalue weighted by Crippen LogP contribution is 2.36. The van der Waals surface area contributed by atoms with Gasteiger partial charge in [-0.2, -0.15) is 0 Å². The van der Waals surface area contributed by atoms with Gasteiger partial charge in [0.1, 0.15) is 11.9 Å². The van der Waals surface area contributed by atoms with Crippen molar-refractivity contribution in [3.8, 4) is 0 Å². The fraction of sp³-hybridized carbons (Fsp3) is 0.731. The molecule has 0 amide bonds. The third kappa shape index (κ3) is 6.53. The van der Waals surface area contributed by atoms with Crippen LogP contribution in [0.4, 0.5) is 0 Å². The van der Waals surface area contributed by atoms with Crippen LogP contribution >= 0.6 is 11.3 Å². The summed E-state index contributed by atoms with van der Waals surface area (Å²) in [6.07, 6.45) is 2.28. The Morgan fingerprint density at radius 1 is 1.21 bits per heavy atom. The van der Waals surface area contributed by atoms with E-state index in [0.29, 0.717) is 6.42 Å². The van der Waals surface area contributed by atoms with E-state index in [2.05, 4.69) is 4.98 Å². The Morgan fingerprint density at radius 3 is 2.56 bits per heavy atom. The van der Waals surface area contributed by atoms with E-state index in [1.165, 1.54) is 0 Å². The average Bonchev–Trinajstić information content (AvgIpc) is 3.38. The van der Waals surface area contributed by atoms with E-state index in [9.17, 15) is 19.8 Å². The molecule has 0 bridgehead atoms. The molecule has 0 aliphatic carbocycles. The molecule has 2 aliphatic heterocycles. The lowest BCUT2D eigenvalue weighted by Gasteiger charge is -2.34. The van der Waals surface area contributed by atoms with Crippen LogP contribution in [0.3, 0.4) is 0 Å². The number of fused-ring (bicyclic) bond motifs is 1. The maximum absolute atomic E-state index is 13.2. The molecule has 7 atom stereocenters. The first-order valence-corrected chi connectivity index (χ1v) is 13.1. The van der Waals surface area contributed by atoms with Crippen LogP contribution in [-0.2, 0) is 19.1 Å². The summed E-state index contributed by atoms with van der Waals surface area (Å²) in [5.41, 5.74) is 0.494. The summed E-state index contributed by atoms with van der Waals surface area (Å²) in [4.78, 5) is 30.5. The van der Waals surface area contributed by atoms with Crippen molar-refractivity contribution in [2.45, 2.75) is 104 Å². The molecular weight excluding hydrogens is 454 g/mol. The Labute approximate surface area is 206 Å². The van der Waals surface area contributed by atoms with Gasteiger partial charge < -0.3 is 19.7 Å². The molecule has 7 nitrogen and oxygen atoms in total. The number of aromatic nitrogens is 1. The van der Waals surface area contributed by atoms with Crippen LogP contribution in [-0.4, -0.2) is 57.5 Å². The van der Waals surface area contributed by atoms with Gasteiger partial charge >= 0.3 is 5.97 Å². The number of hydrogen-bond acceptors (Lipinski definition) is 8. The summed E-state index contributed by atoms with van der Waals surface area (Å²) >= 11 is 1.56. The van der Waals surface area contributed by atoms with Crippen LogP contribution in [0.1, 0.15) is 77.4 Å². The summed E-state index contributed by atoms with van der Waals surface area (Å²) in [5, 5.41) is 24.5. The normalized spacial score (nSPS) is 36.0. The number of nitrogens with zero attached hydrogens (tertiary/aromatic N) is 1. The molecule has 0 aromatic carbocycles. The highest BCUT2D eigenvalue weighted by molar-refractivity contribution is 7.09. The number of carbonyl (C=O) groups excluding carboxylic acids is 2. The Bertz CT molecular complexity index is 909. The number of cyclic esters (lactones) is 1. The van der Waals surface area contributed by atoms with E-state index >= 15 is 0 Å². The first-order valence-electron chi connectivity index (χ1n) is 12.3. The summed E-state index contributed by atoms with van der Waals surface area (Å²) in [6.45, 7) is 10.8. The molecular formula is C26H39NO6S. The first kappa shape index (κ1) is 27.0. The van der Waals surface area contributed by atoms with Crippen LogP contribution in [0.25, 0.3) is 6.08 Å². The van der Waals surface area contributed by atoms with Crippen LogP contribution in [0.2, 0.25) is 0 Å². The van der Waals surface area contributed by atoms with Gasteiger partial charge in [0.2, 0.25) is 0 Å². The molecule has 2 N–H and O–H groups in total. The monoisotopic (exact) mass is 493 g/mol. The minimum atomic E-state index is -1.22. The van der Waals surface area contributed by atoms with Gasteiger partial charge in [-0.1, -0.05) is 34.1 Å². The molecule has 1 aromatic rings. The number of aryl methyl sites for hydroxylation is 1. The van der Waals surface area contributed by atoms with Gasteiger partial charge in [-0.25, -0.2) is 4.98 Å². The highest BCUT2D eigenvalue weighted by atomic mass is 32.1. The lowest BCUT2D eigenvalue weighted by molar-refractivity contribution is -0.154. The van der Waals surface area contributed by atoms with Crippen LogP contribution < -0.4 is 0 Å². The highest BCUT2D eigenvalue weighted by Gasteiger charge is 2.44. The van der Waals surface area contributed by atoms with E-state index in [4.69, 9.17) is 9.47 Å². The molecule has 0 saturated carbocycles. The topological polar surface area (TPSA) is 109 Å². The van der Waals surface area contributed by atoms with E-state index in [-0.39, 0.29) is 30.3 Å². The maximum atomic E-state index is 13.2. The van der Waals surface area contributed by atoms with Gasteiger partial charge in [0, 0.05) is 17.7 Å². The van der Waals surface area contributed by atoms with Gasteiger partial charge in [-0.15, -0.1) is 11.3 Å². The molecule has 0 radical (unpaired) electrons. The van der Waals surface area contributed by atoms with Crippen LogP contribution in [0.5, 0.6) is 0 Å². The standard InChI is InChI=1S/C26H39NO6S/c1-14-8-7-9-19-21(32-19)11-20(15(2)10-18-13-34-17(4)27-18)33-23(29)12-22(28)26(5,6)25(31)16(3)24(14)30/h10,13-14,16,19-22,24,28,30H,7-9,11-12H2,1-6H3/b15-10+/t14-,16+,19-,20-,21+,22-,24-/m0/s1. The molecule has 0 spiro atoms. The van der Waals surface area contributed by atoms with E-state index in [0.717, 1.165) is 35.5 Å². The number of aliphatic hydroxyl groups is 2. The van der Waals surface area contributed by atoms with Crippen molar-refractivity contribution in [1.82, 2.24) is 4.98 Å². The lowest BCUT2D eigenvalue weighted by Crippen LogP contribution is -2.45. The molecule has 2 aliphatic rings.